The summed E-state index contributed by atoms with van der Waals surface area (Å²) in [5.41, 5.74) is 1.25. The second-order valence-corrected chi connectivity index (χ2v) is 4.43. The molecule has 1 atom stereocenters. The predicted octanol–water partition coefficient (Wildman–Crippen LogP) is 2.15. The van der Waals surface area contributed by atoms with Crippen LogP contribution in [0.1, 0.15) is 18.4 Å². The Bertz CT molecular complexity index is 378. The predicted molar refractivity (Wildman–Crippen MR) is 89.0 cm³/mol. The molecule has 1 aliphatic heterocycles. The minimum atomic E-state index is 0. The van der Waals surface area contributed by atoms with Crippen LogP contribution in [-0.4, -0.2) is 32.3 Å². The van der Waals surface area contributed by atoms with Crippen LogP contribution < -0.4 is 10.6 Å². The van der Waals surface area contributed by atoms with Crippen LogP contribution in [0.25, 0.3) is 0 Å². The Hall–Kier alpha value is -0.820. The molecule has 19 heavy (non-hydrogen) atoms. The molecule has 1 saturated heterocycles. The highest BCUT2D eigenvalue weighted by Gasteiger charge is 2.15. The Morgan fingerprint density at radius 2 is 2.11 bits per heavy atom. The van der Waals surface area contributed by atoms with E-state index < -0.39 is 0 Å². The van der Waals surface area contributed by atoms with Gasteiger partial charge in [-0.05, 0) is 18.4 Å². The smallest absolute Gasteiger partial charge is 0.191 e. The summed E-state index contributed by atoms with van der Waals surface area (Å²) in [5, 5.41) is 6.59. The Morgan fingerprint density at radius 3 is 2.74 bits per heavy atom. The van der Waals surface area contributed by atoms with E-state index in [1.807, 2.05) is 18.2 Å². The third kappa shape index (κ3) is 5.78. The van der Waals surface area contributed by atoms with Crippen LogP contribution in [-0.2, 0) is 11.3 Å². The number of hydrogen-bond donors (Lipinski definition) is 2. The average Bonchev–Trinajstić information content (AvgIpc) is 2.93. The summed E-state index contributed by atoms with van der Waals surface area (Å²) >= 11 is 0. The first-order valence-corrected chi connectivity index (χ1v) is 6.48. The van der Waals surface area contributed by atoms with Gasteiger partial charge in [-0.3, -0.25) is 4.99 Å². The van der Waals surface area contributed by atoms with Crippen molar-refractivity contribution in [3.05, 3.63) is 35.9 Å². The lowest BCUT2D eigenvalue weighted by Gasteiger charge is -2.15. The number of benzene rings is 1. The second-order valence-electron chi connectivity index (χ2n) is 4.43. The highest BCUT2D eigenvalue weighted by Crippen LogP contribution is 2.10. The molecule has 1 fully saturated rings. The van der Waals surface area contributed by atoms with Crippen molar-refractivity contribution >= 4 is 29.9 Å². The molecule has 1 aromatic carbocycles. The fourth-order valence-electron chi connectivity index (χ4n) is 2.02. The van der Waals surface area contributed by atoms with Gasteiger partial charge in [0, 0.05) is 26.7 Å². The van der Waals surface area contributed by atoms with Gasteiger partial charge in [0.2, 0.25) is 0 Å². The third-order valence-electron chi connectivity index (χ3n) is 3.05. The fourth-order valence-corrected chi connectivity index (χ4v) is 2.02. The van der Waals surface area contributed by atoms with E-state index in [0.717, 1.165) is 32.1 Å². The molecule has 1 unspecified atom stereocenters. The number of nitrogens with one attached hydrogen (secondary N) is 2. The number of ether oxygens (including phenoxy) is 1. The topological polar surface area (TPSA) is 45.7 Å². The number of rotatable bonds is 4. The minimum Gasteiger partial charge on any atom is -0.376 e. The lowest BCUT2D eigenvalue weighted by Crippen LogP contribution is -2.40. The van der Waals surface area contributed by atoms with Crippen LogP contribution in [0.15, 0.2) is 35.3 Å². The van der Waals surface area contributed by atoms with E-state index in [1.54, 1.807) is 7.05 Å². The number of guanidine groups is 1. The minimum absolute atomic E-state index is 0. The van der Waals surface area contributed by atoms with E-state index in [-0.39, 0.29) is 24.0 Å². The van der Waals surface area contributed by atoms with E-state index in [1.165, 1.54) is 12.0 Å². The molecule has 1 heterocycles. The van der Waals surface area contributed by atoms with Crippen molar-refractivity contribution in [2.75, 3.05) is 20.2 Å². The number of halogens is 1. The highest BCUT2D eigenvalue weighted by atomic mass is 127. The van der Waals surface area contributed by atoms with Crippen molar-refractivity contribution in [3.63, 3.8) is 0 Å². The molecular weight excluding hydrogens is 353 g/mol. The summed E-state index contributed by atoms with van der Waals surface area (Å²) in [6, 6.07) is 10.3. The van der Waals surface area contributed by atoms with Gasteiger partial charge in [0.1, 0.15) is 0 Å². The van der Waals surface area contributed by atoms with Crippen LogP contribution >= 0.6 is 24.0 Å². The molecule has 0 aromatic heterocycles. The average molecular weight is 375 g/mol. The zero-order valence-electron chi connectivity index (χ0n) is 11.3. The molecule has 4 nitrogen and oxygen atoms in total. The van der Waals surface area contributed by atoms with Gasteiger partial charge in [-0.25, -0.2) is 0 Å². The Balaban J connectivity index is 0.00000180. The molecule has 0 aliphatic carbocycles. The zero-order chi connectivity index (χ0) is 12.6. The molecule has 5 heteroatoms. The zero-order valence-corrected chi connectivity index (χ0v) is 13.6. The summed E-state index contributed by atoms with van der Waals surface area (Å²) in [6.07, 6.45) is 2.64. The third-order valence-corrected chi connectivity index (χ3v) is 3.05. The van der Waals surface area contributed by atoms with Gasteiger partial charge in [0.05, 0.1) is 6.10 Å². The molecule has 1 aromatic rings. The van der Waals surface area contributed by atoms with Gasteiger partial charge < -0.3 is 15.4 Å². The monoisotopic (exact) mass is 375 g/mol. The van der Waals surface area contributed by atoms with Crippen LogP contribution in [0.4, 0.5) is 0 Å². The molecule has 0 bridgehead atoms. The van der Waals surface area contributed by atoms with Crippen LogP contribution in [0.3, 0.4) is 0 Å². The molecule has 2 rings (SSSR count). The van der Waals surface area contributed by atoms with Crippen molar-refractivity contribution < 1.29 is 4.74 Å². The Kier molecular flexibility index (Phi) is 7.81. The van der Waals surface area contributed by atoms with Crippen LogP contribution in [0, 0.1) is 0 Å². The molecular formula is C14H22IN3O. The number of aliphatic imine (C=N–C) groups is 1. The molecule has 0 radical (unpaired) electrons. The van der Waals surface area contributed by atoms with Gasteiger partial charge in [-0.15, -0.1) is 24.0 Å². The fraction of sp³-hybridized carbons (Fsp3) is 0.500. The van der Waals surface area contributed by atoms with Gasteiger partial charge in [0.25, 0.3) is 0 Å². The van der Waals surface area contributed by atoms with E-state index in [2.05, 4.69) is 27.8 Å². The van der Waals surface area contributed by atoms with Gasteiger partial charge in [0.15, 0.2) is 5.96 Å². The number of nitrogens with zero attached hydrogens (tertiary/aromatic N) is 1. The van der Waals surface area contributed by atoms with Gasteiger partial charge in [-0.1, -0.05) is 30.3 Å². The van der Waals surface area contributed by atoms with Crippen LogP contribution in [0.5, 0.6) is 0 Å². The second kappa shape index (κ2) is 9.14. The molecule has 0 amide bonds. The maximum absolute atomic E-state index is 5.57. The standard InChI is InChI=1S/C14H21N3O.HI/c1-15-14(17-11-13-8-5-9-18-13)16-10-12-6-3-2-4-7-12;/h2-4,6-7,13H,5,8-11H2,1H3,(H2,15,16,17);1H. The molecule has 2 N–H and O–H groups in total. The van der Waals surface area contributed by atoms with Gasteiger partial charge in [-0.2, -0.15) is 0 Å². The van der Waals surface area contributed by atoms with Crippen molar-refractivity contribution in [1.29, 1.82) is 0 Å². The largest absolute Gasteiger partial charge is 0.376 e. The summed E-state index contributed by atoms with van der Waals surface area (Å²) in [5.74, 6) is 0.828. The maximum atomic E-state index is 5.57. The van der Waals surface area contributed by atoms with Crippen molar-refractivity contribution in [3.8, 4) is 0 Å². The SMILES string of the molecule is CN=C(NCc1ccccc1)NCC1CCCO1.I. The van der Waals surface area contributed by atoms with E-state index >= 15 is 0 Å². The quantitative estimate of drug-likeness (QED) is 0.482. The maximum Gasteiger partial charge on any atom is 0.191 e. The summed E-state index contributed by atoms with van der Waals surface area (Å²) in [4.78, 5) is 4.20. The molecule has 0 saturated carbocycles. The normalized spacial score (nSPS) is 18.8. The van der Waals surface area contributed by atoms with E-state index in [0.29, 0.717) is 6.10 Å². The lowest BCUT2D eigenvalue weighted by atomic mass is 10.2. The van der Waals surface area contributed by atoms with Crippen molar-refractivity contribution in [2.45, 2.75) is 25.5 Å². The summed E-state index contributed by atoms with van der Waals surface area (Å²) in [7, 11) is 1.79. The molecule has 1 aliphatic rings. The summed E-state index contributed by atoms with van der Waals surface area (Å²) in [6.45, 7) is 2.50. The van der Waals surface area contributed by atoms with E-state index in [9.17, 15) is 0 Å². The number of hydrogen-bond acceptors (Lipinski definition) is 2. The highest BCUT2D eigenvalue weighted by molar-refractivity contribution is 14.0. The Morgan fingerprint density at radius 1 is 1.32 bits per heavy atom. The lowest BCUT2D eigenvalue weighted by molar-refractivity contribution is 0.114. The van der Waals surface area contributed by atoms with E-state index in [4.69, 9.17) is 4.74 Å². The molecule has 106 valence electrons. The Labute approximate surface area is 132 Å². The van der Waals surface area contributed by atoms with Crippen molar-refractivity contribution in [1.82, 2.24) is 10.6 Å². The molecule has 0 spiro atoms. The first kappa shape index (κ1) is 16.2. The van der Waals surface area contributed by atoms with Crippen LogP contribution in [0.2, 0.25) is 0 Å². The van der Waals surface area contributed by atoms with Gasteiger partial charge >= 0.3 is 0 Å². The summed E-state index contributed by atoms with van der Waals surface area (Å²) < 4.78 is 5.57. The van der Waals surface area contributed by atoms with Crippen molar-refractivity contribution in [2.24, 2.45) is 4.99 Å². The first-order chi connectivity index (χ1) is 8.88. The first-order valence-electron chi connectivity index (χ1n) is 6.48.